The Bertz CT molecular complexity index is 728. The lowest BCUT2D eigenvalue weighted by Gasteiger charge is -2.19. The van der Waals surface area contributed by atoms with Crippen molar-refractivity contribution in [2.24, 2.45) is 0 Å². The Balaban J connectivity index is 2.06. The van der Waals surface area contributed by atoms with Gasteiger partial charge in [0.15, 0.2) is 0 Å². The lowest BCUT2D eigenvalue weighted by Crippen LogP contribution is -2.27. The molecule has 0 unspecified atom stereocenters. The van der Waals surface area contributed by atoms with E-state index in [1.165, 1.54) is 0 Å². The Morgan fingerprint density at radius 1 is 1.14 bits per heavy atom. The number of pyridine rings is 1. The van der Waals surface area contributed by atoms with Crippen molar-refractivity contribution in [2.45, 2.75) is 32.7 Å². The van der Waals surface area contributed by atoms with Gasteiger partial charge in [-0.1, -0.05) is 32.9 Å². The zero-order valence-electron chi connectivity index (χ0n) is 12.9. The summed E-state index contributed by atoms with van der Waals surface area (Å²) < 4.78 is 14.1. The fourth-order valence-corrected chi connectivity index (χ4v) is 2.03. The second kappa shape index (κ2) is 6.13. The first-order valence-corrected chi connectivity index (χ1v) is 7.02. The molecule has 1 amide bonds. The van der Waals surface area contributed by atoms with Crippen molar-refractivity contribution in [3.8, 4) is 0 Å². The van der Waals surface area contributed by atoms with Gasteiger partial charge >= 0.3 is 0 Å². The molecule has 22 heavy (non-hydrogen) atoms. The van der Waals surface area contributed by atoms with Gasteiger partial charge in [0.1, 0.15) is 12.4 Å². The van der Waals surface area contributed by atoms with Crippen molar-refractivity contribution >= 4 is 11.6 Å². The first-order valence-electron chi connectivity index (χ1n) is 7.02. The molecule has 0 atom stereocenters. The number of rotatable bonds is 3. The van der Waals surface area contributed by atoms with Gasteiger partial charge in [-0.2, -0.15) is 0 Å². The normalized spacial score (nSPS) is 11.3. The number of benzene rings is 1. The number of halogens is 1. The molecular formula is C17H19FN2O2. The average Bonchev–Trinajstić information content (AvgIpc) is 2.42. The van der Waals surface area contributed by atoms with Gasteiger partial charge in [-0.15, -0.1) is 0 Å². The second-order valence-electron chi connectivity index (χ2n) is 6.19. The smallest absolute Gasteiger partial charge is 0.251 e. The summed E-state index contributed by atoms with van der Waals surface area (Å²) in [7, 11) is 0. The highest BCUT2D eigenvalue weighted by atomic mass is 19.1. The predicted molar refractivity (Wildman–Crippen MR) is 84.4 cm³/mol. The number of nitrogens with one attached hydrogen (secondary N) is 1. The van der Waals surface area contributed by atoms with Crippen molar-refractivity contribution < 1.29 is 9.18 Å². The van der Waals surface area contributed by atoms with E-state index in [1.54, 1.807) is 0 Å². The number of hydrogen-bond acceptors (Lipinski definition) is 2. The largest absolute Gasteiger partial charge is 0.325 e. The van der Waals surface area contributed by atoms with Crippen molar-refractivity contribution in [3.05, 3.63) is 64.3 Å². The van der Waals surface area contributed by atoms with E-state index >= 15 is 0 Å². The Hall–Kier alpha value is -2.43. The Morgan fingerprint density at radius 2 is 1.77 bits per heavy atom. The SMILES string of the molecule is CC(C)(C)c1ccc(NC(=O)Cn2cc(F)ccc2=O)cc1. The molecule has 5 heteroatoms. The molecule has 0 spiro atoms. The highest BCUT2D eigenvalue weighted by molar-refractivity contribution is 5.90. The summed E-state index contributed by atoms with van der Waals surface area (Å²) in [5, 5.41) is 2.69. The molecule has 116 valence electrons. The molecule has 0 aliphatic rings. The van der Waals surface area contributed by atoms with Crippen LogP contribution in [0, 0.1) is 5.82 Å². The summed E-state index contributed by atoms with van der Waals surface area (Å²) in [5.74, 6) is -0.932. The Morgan fingerprint density at radius 3 is 2.36 bits per heavy atom. The van der Waals surface area contributed by atoms with Crippen molar-refractivity contribution in [1.29, 1.82) is 0 Å². The molecule has 2 aromatic rings. The summed E-state index contributed by atoms with van der Waals surface area (Å²) in [6, 6.07) is 9.69. The summed E-state index contributed by atoms with van der Waals surface area (Å²) in [6.07, 6.45) is 1.02. The van der Waals surface area contributed by atoms with Gasteiger partial charge in [0.05, 0.1) is 0 Å². The minimum absolute atomic E-state index is 0.0391. The van der Waals surface area contributed by atoms with Crippen LogP contribution in [0.3, 0.4) is 0 Å². The number of carbonyl (C=O) groups excluding carboxylic acids is 1. The van der Waals surface area contributed by atoms with Crippen molar-refractivity contribution in [1.82, 2.24) is 4.57 Å². The summed E-state index contributed by atoms with van der Waals surface area (Å²) >= 11 is 0. The van der Waals surface area contributed by atoms with Crippen LogP contribution < -0.4 is 10.9 Å². The molecule has 0 fully saturated rings. The van der Waals surface area contributed by atoms with E-state index in [9.17, 15) is 14.0 Å². The zero-order valence-corrected chi connectivity index (χ0v) is 12.9. The molecule has 1 heterocycles. The van der Waals surface area contributed by atoms with Gasteiger partial charge in [-0.05, 0) is 29.2 Å². The number of nitrogens with zero attached hydrogens (tertiary/aromatic N) is 1. The van der Waals surface area contributed by atoms with E-state index < -0.39 is 11.4 Å². The third kappa shape index (κ3) is 4.04. The quantitative estimate of drug-likeness (QED) is 0.947. The number of aromatic nitrogens is 1. The van der Waals surface area contributed by atoms with Crippen LogP contribution in [-0.2, 0) is 16.8 Å². The van der Waals surface area contributed by atoms with Crippen LogP contribution in [0.4, 0.5) is 10.1 Å². The summed E-state index contributed by atoms with van der Waals surface area (Å²) in [5.41, 5.74) is 1.42. The van der Waals surface area contributed by atoms with Gasteiger partial charge in [-0.3, -0.25) is 9.59 Å². The van der Waals surface area contributed by atoms with Gasteiger partial charge in [-0.25, -0.2) is 4.39 Å². The van der Waals surface area contributed by atoms with Crippen LogP contribution in [0.5, 0.6) is 0 Å². The number of anilines is 1. The molecule has 0 bridgehead atoms. The van der Waals surface area contributed by atoms with Crippen molar-refractivity contribution in [3.63, 3.8) is 0 Å². The maximum atomic E-state index is 13.1. The van der Waals surface area contributed by atoms with Crippen LogP contribution in [0.25, 0.3) is 0 Å². The molecule has 0 saturated heterocycles. The average molecular weight is 302 g/mol. The fourth-order valence-electron chi connectivity index (χ4n) is 2.03. The lowest BCUT2D eigenvalue weighted by molar-refractivity contribution is -0.116. The lowest BCUT2D eigenvalue weighted by atomic mass is 9.87. The molecule has 0 radical (unpaired) electrons. The standard InChI is InChI=1S/C17H19FN2O2/c1-17(2,3)12-4-7-14(8-5-12)19-15(21)11-20-10-13(18)6-9-16(20)22/h4-10H,11H2,1-3H3,(H,19,21). The van der Waals surface area contributed by atoms with Crippen LogP contribution >= 0.6 is 0 Å². The van der Waals surface area contributed by atoms with E-state index in [0.29, 0.717) is 5.69 Å². The monoisotopic (exact) mass is 302 g/mol. The molecule has 1 aromatic heterocycles. The minimum Gasteiger partial charge on any atom is -0.325 e. The Kier molecular flexibility index (Phi) is 4.45. The molecule has 0 saturated carbocycles. The zero-order chi connectivity index (χ0) is 16.3. The molecular weight excluding hydrogens is 283 g/mol. The molecule has 1 aromatic carbocycles. The van der Waals surface area contributed by atoms with E-state index in [0.717, 1.165) is 28.5 Å². The molecule has 1 N–H and O–H groups in total. The van der Waals surface area contributed by atoms with E-state index in [-0.39, 0.29) is 17.9 Å². The van der Waals surface area contributed by atoms with Gasteiger partial charge in [0.25, 0.3) is 5.56 Å². The maximum absolute atomic E-state index is 13.1. The summed E-state index contributed by atoms with van der Waals surface area (Å²) in [6.45, 7) is 6.10. The molecule has 4 nitrogen and oxygen atoms in total. The van der Waals surface area contributed by atoms with Crippen LogP contribution in [-0.4, -0.2) is 10.5 Å². The van der Waals surface area contributed by atoms with Crippen LogP contribution in [0.15, 0.2) is 47.4 Å². The molecule has 2 rings (SSSR count). The van der Waals surface area contributed by atoms with E-state index in [2.05, 4.69) is 26.1 Å². The maximum Gasteiger partial charge on any atom is 0.251 e. The molecule has 0 aliphatic carbocycles. The van der Waals surface area contributed by atoms with Gasteiger partial charge in [0, 0.05) is 18.0 Å². The highest BCUT2D eigenvalue weighted by Gasteiger charge is 2.13. The van der Waals surface area contributed by atoms with Crippen molar-refractivity contribution in [2.75, 3.05) is 5.32 Å². The second-order valence-corrected chi connectivity index (χ2v) is 6.19. The Labute approximate surface area is 128 Å². The van der Waals surface area contributed by atoms with E-state index in [1.807, 2.05) is 24.3 Å². The first-order chi connectivity index (χ1) is 10.3. The van der Waals surface area contributed by atoms with Gasteiger partial charge in [0.2, 0.25) is 5.91 Å². The number of carbonyl (C=O) groups is 1. The molecule has 0 aliphatic heterocycles. The highest BCUT2D eigenvalue weighted by Crippen LogP contribution is 2.23. The summed E-state index contributed by atoms with van der Waals surface area (Å²) in [4.78, 5) is 23.5. The van der Waals surface area contributed by atoms with Gasteiger partial charge < -0.3 is 9.88 Å². The minimum atomic E-state index is -0.554. The number of amides is 1. The predicted octanol–water partition coefficient (Wildman–Crippen LogP) is 2.92. The topological polar surface area (TPSA) is 51.1 Å². The van der Waals surface area contributed by atoms with Crippen LogP contribution in [0.2, 0.25) is 0 Å². The first kappa shape index (κ1) is 15.9. The third-order valence-corrected chi connectivity index (χ3v) is 3.30. The fraction of sp³-hybridized carbons (Fsp3) is 0.294. The number of hydrogen-bond donors (Lipinski definition) is 1. The third-order valence-electron chi connectivity index (χ3n) is 3.30. The van der Waals surface area contributed by atoms with Crippen LogP contribution in [0.1, 0.15) is 26.3 Å². The van der Waals surface area contributed by atoms with E-state index in [4.69, 9.17) is 0 Å².